The van der Waals surface area contributed by atoms with E-state index in [1.807, 2.05) is 0 Å². The van der Waals surface area contributed by atoms with Gasteiger partial charge in [0.1, 0.15) is 12.5 Å². The van der Waals surface area contributed by atoms with Crippen molar-refractivity contribution in [3.63, 3.8) is 0 Å². The van der Waals surface area contributed by atoms with E-state index >= 15 is 0 Å². The number of nitrogens with zero attached hydrogens (tertiary/aromatic N) is 1. The second kappa shape index (κ2) is 7.23. The van der Waals surface area contributed by atoms with Crippen LogP contribution in [0, 0.1) is 0 Å². The summed E-state index contributed by atoms with van der Waals surface area (Å²) in [6.07, 6.45) is -11.2. The van der Waals surface area contributed by atoms with Gasteiger partial charge in [-0.1, -0.05) is 24.3 Å². The molecule has 2 aromatic rings. The predicted octanol–water partition coefficient (Wildman–Crippen LogP) is 4.52. The van der Waals surface area contributed by atoms with E-state index in [2.05, 4.69) is 0 Å². The predicted molar refractivity (Wildman–Crippen MR) is 91.9 cm³/mol. The summed E-state index contributed by atoms with van der Waals surface area (Å²) in [5.41, 5.74) is -2.48. The number of rotatable bonds is 3. The van der Waals surface area contributed by atoms with Crippen molar-refractivity contribution in [2.24, 2.45) is 0 Å². The van der Waals surface area contributed by atoms with E-state index in [1.165, 1.54) is 29.2 Å². The zero-order valence-corrected chi connectivity index (χ0v) is 15.4. The van der Waals surface area contributed by atoms with Crippen LogP contribution in [-0.4, -0.2) is 35.4 Å². The van der Waals surface area contributed by atoms with Gasteiger partial charge < -0.3 is 14.6 Å². The van der Waals surface area contributed by atoms with Gasteiger partial charge in [-0.2, -0.15) is 26.3 Å². The van der Waals surface area contributed by atoms with Crippen molar-refractivity contribution in [1.29, 1.82) is 0 Å². The molecule has 2 saturated heterocycles. The maximum atomic E-state index is 13.1. The van der Waals surface area contributed by atoms with Crippen molar-refractivity contribution < 1.29 is 40.9 Å². The third kappa shape index (κ3) is 3.58. The Hall–Kier alpha value is -2.14. The molecule has 3 atom stereocenters. The summed E-state index contributed by atoms with van der Waals surface area (Å²) in [6.45, 7) is -0.516. The van der Waals surface area contributed by atoms with Gasteiger partial charge in [0, 0.05) is 0 Å². The Labute approximate surface area is 167 Å². The van der Waals surface area contributed by atoms with Crippen molar-refractivity contribution in [3.05, 3.63) is 70.8 Å². The molecule has 1 unspecified atom stereocenters. The van der Waals surface area contributed by atoms with Gasteiger partial charge in [0.05, 0.1) is 36.5 Å². The Kier molecular flexibility index (Phi) is 5.08. The molecule has 2 aliphatic heterocycles. The molecule has 0 radical (unpaired) electrons. The molecule has 2 aromatic carbocycles. The smallest absolute Gasteiger partial charge is 0.394 e. The molecule has 2 heterocycles. The quantitative estimate of drug-likeness (QED) is 0.724. The van der Waals surface area contributed by atoms with Crippen LogP contribution in [0.15, 0.2) is 48.5 Å². The maximum absolute atomic E-state index is 13.1. The summed E-state index contributed by atoms with van der Waals surface area (Å²) < 4.78 is 90.2. The molecule has 0 spiro atoms. The van der Waals surface area contributed by atoms with E-state index < -0.39 is 48.1 Å². The van der Waals surface area contributed by atoms with Crippen LogP contribution in [0.2, 0.25) is 0 Å². The Morgan fingerprint density at radius 3 is 1.63 bits per heavy atom. The highest BCUT2D eigenvalue weighted by Gasteiger charge is 2.56. The van der Waals surface area contributed by atoms with Crippen LogP contribution in [0.5, 0.6) is 0 Å². The Bertz CT molecular complexity index is 860. The zero-order chi connectivity index (χ0) is 21.7. The molecule has 0 aliphatic carbocycles. The van der Waals surface area contributed by atoms with Gasteiger partial charge in [0.2, 0.25) is 0 Å². The van der Waals surface area contributed by atoms with Gasteiger partial charge in [-0.05, 0) is 35.4 Å². The zero-order valence-electron chi connectivity index (χ0n) is 15.4. The SMILES string of the molecule is OCC12CO[C@H](c3cccc(C(F)(F)F)c3)N1[C@H](c1cccc(C(F)(F)F)c1)OC2. The van der Waals surface area contributed by atoms with Crippen LogP contribution in [0.4, 0.5) is 26.3 Å². The van der Waals surface area contributed by atoms with E-state index in [-0.39, 0.29) is 24.3 Å². The van der Waals surface area contributed by atoms with Crippen LogP contribution in [-0.2, 0) is 21.8 Å². The summed E-state index contributed by atoms with van der Waals surface area (Å²) in [5.74, 6) is 0. The first kappa shape index (κ1) is 21.1. The lowest BCUT2D eigenvalue weighted by molar-refractivity contribution is -0.138. The Morgan fingerprint density at radius 1 is 0.833 bits per heavy atom. The minimum atomic E-state index is -4.56. The molecule has 2 fully saturated rings. The lowest BCUT2D eigenvalue weighted by Crippen LogP contribution is -2.47. The van der Waals surface area contributed by atoms with Crippen molar-refractivity contribution in [2.75, 3.05) is 19.8 Å². The van der Waals surface area contributed by atoms with Gasteiger partial charge >= 0.3 is 12.4 Å². The highest BCUT2D eigenvalue weighted by molar-refractivity contribution is 5.32. The molecular weight excluding hydrogens is 416 g/mol. The molecule has 2 aliphatic rings. The molecule has 0 bridgehead atoms. The van der Waals surface area contributed by atoms with Crippen LogP contribution < -0.4 is 0 Å². The highest BCUT2D eigenvalue weighted by Crippen LogP contribution is 2.49. The standard InChI is InChI=1S/C20H17F6NO3/c21-19(22,23)14-5-1-3-12(7-14)16-27-17(30-11-18(27,9-28)10-29-16)13-4-2-6-15(8-13)20(24,25)26/h1-8,16-17,28H,9-11H2/t16-,17+,18?. The average Bonchev–Trinajstić information content (AvgIpc) is 3.24. The number of hydrogen-bond acceptors (Lipinski definition) is 4. The number of aliphatic hydroxyl groups excluding tert-OH is 1. The molecular formula is C20H17F6NO3. The molecule has 1 N–H and O–H groups in total. The molecule has 30 heavy (non-hydrogen) atoms. The van der Waals surface area contributed by atoms with E-state index in [0.29, 0.717) is 0 Å². The second-order valence-corrected chi connectivity index (χ2v) is 7.36. The number of fused-ring (bicyclic) bond motifs is 1. The van der Waals surface area contributed by atoms with E-state index in [1.54, 1.807) is 0 Å². The number of alkyl halides is 6. The van der Waals surface area contributed by atoms with Crippen molar-refractivity contribution >= 4 is 0 Å². The highest BCUT2D eigenvalue weighted by atomic mass is 19.4. The van der Waals surface area contributed by atoms with E-state index in [0.717, 1.165) is 24.3 Å². The fraction of sp³-hybridized carbons (Fsp3) is 0.400. The number of aliphatic hydroxyl groups is 1. The fourth-order valence-corrected chi connectivity index (χ4v) is 3.86. The maximum Gasteiger partial charge on any atom is 0.416 e. The van der Waals surface area contributed by atoms with Crippen LogP contribution in [0.1, 0.15) is 34.7 Å². The molecule has 0 aromatic heterocycles. The average molecular weight is 433 g/mol. The summed E-state index contributed by atoms with van der Waals surface area (Å²) in [7, 11) is 0. The Balaban J connectivity index is 1.74. The third-order valence-corrected chi connectivity index (χ3v) is 5.37. The summed E-state index contributed by atoms with van der Waals surface area (Å²) >= 11 is 0. The summed E-state index contributed by atoms with van der Waals surface area (Å²) in [4.78, 5) is 1.51. The minimum absolute atomic E-state index is 0.0418. The number of hydrogen-bond donors (Lipinski definition) is 1. The van der Waals surface area contributed by atoms with Crippen LogP contribution in [0.25, 0.3) is 0 Å². The van der Waals surface area contributed by atoms with Crippen molar-refractivity contribution in [3.8, 4) is 0 Å². The third-order valence-electron chi connectivity index (χ3n) is 5.37. The lowest BCUT2D eigenvalue weighted by Gasteiger charge is -2.33. The topological polar surface area (TPSA) is 41.9 Å². The summed E-state index contributed by atoms with van der Waals surface area (Å²) in [5, 5.41) is 9.96. The monoisotopic (exact) mass is 433 g/mol. The number of benzene rings is 2. The largest absolute Gasteiger partial charge is 0.416 e. The molecule has 4 rings (SSSR count). The lowest BCUT2D eigenvalue weighted by atomic mass is 10.00. The van der Waals surface area contributed by atoms with Crippen molar-refractivity contribution in [1.82, 2.24) is 4.90 Å². The Morgan fingerprint density at radius 2 is 1.27 bits per heavy atom. The molecule has 10 heteroatoms. The van der Waals surface area contributed by atoms with Gasteiger partial charge in [-0.3, -0.25) is 0 Å². The van der Waals surface area contributed by atoms with Gasteiger partial charge in [-0.25, -0.2) is 4.90 Å². The van der Waals surface area contributed by atoms with Crippen LogP contribution in [0.3, 0.4) is 0 Å². The van der Waals surface area contributed by atoms with Gasteiger partial charge in [0.15, 0.2) is 0 Å². The van der Waals surface area contributed by atoms with Crippen molar-refractivity contribution in [2.45, 2.75) is 30.3 Å². The molecule has 4 nitrogen and oxygen atoms in total. The van der Waals surface area contributed by atoms with Gasteiger partial charge in [-0.15, -0.1) is 0 Å². The molecule has 0 saturated carbocycles. The van der Waals surface area contributed by atoms with Gasteiger partial charge in [0.25, 0.3) is 0 Å². The number of ether oxygens (including phenoxy) is 2. The normalized spacial score (nSPS) is 27.4. The van der Waals surface area contributed by atoms with E-state index in [4.69, 9.17) is 9.47 Å². The number of halogens is 6. The molecule has 0 amide bonds. The molecule has 162 valence electrons. The summed E-state index contributed by atoms with van der Waals surface area (Å²) in [6, 6.07) is 9.04. The van der Waals surface area contributed by atoms with Crippen LogP contribution >= 0.6 is 0 Å². The minimum Gasteiger partial charge on any atom is -0.394 e. The second-order valence-electron chi connectivity index (χ2n) is 7.36. The fourth-order valence-electron chi connectivity index (χ4n) is 3.86. The first-order chi connectivity index (χ1) is 14.0. The first-order valence-corrected chi connectivity index (χ1v) is 9.02. The van der Waals surface area contributed by atoms with E-state index in [9.17, 15) is 31.4 Å². The first-order valence-electron chi connectivity index (χ1n) is 9.02.